The molecule has 0 amide bonds. The lowest BCUT2D eigenvalue weighted by Gasteiger charge is -2.16. The van der Waals surface area contributed by atoms with Gasteiger partial charge < -0.3 is 14.9 Å². The third-order valence-electron chi connectivity index (χ3n) is 4.76. The van der Waals surface area contributed by atoms with Gasteiger partial charge in [-0.3, -0.25) is 9.59 Å². The number of nitrogens with zero attached hydrogens (tertiary/aromatic N) is 1. The van der Waals surface area contributed by atoms with Crippen molar-refractivity contribution in [3.8, 4) is 11.1 Å². The Hall–Kier alpha value is -2.45. The van der Waals surface area contributed by atoms with Crippen LogP contribution < -0.4 is 11.3 Å². The van der Waals surface area contributed by atoms with Crippen molar-refractivity contribution >= 4 is 28.6 Å². The molecular formula is C22H20ClFN2O3S. The molecule has 0 radical (unpaired) electrons. The second-order valence-corrected chi connectivity index (χ2v) is 8.81. The van der Waals surface area contributed by atoms with E-state index in [4.69, 9.17) is 17.3 Å². The highest BCUT2D eigenvalue weighted by Gasteiger charge is 2.22. The number of rotatable bonds is 6. The van der Waals surface area contributed by atoms with Crippen molar-refractivity contribution in [1.82, 2.24) is 4.57 Å². The molecule has 2 N–H and O–H groups in total. The van der Waals surface area contributed by atoms with Crippen molar-refractivity contribution in [2.24, 2.45) is 12.8 Å². The van der Waals surface area contributed by atoms with E-state index in [1.165, 1.54) is 16.7 Å². The number of aromatic nitrogens is 1. The van der Waals surface area contributed by atoms with Crippen molar-refractivity contribution in [2.75, 3.05) is 5.75 Å². The number of nitrogens with two attached hydrogens (primary N) is 1. The van der Waals surface area contributed by atoms with Crippen molar-refractivity contribution in [3.63, 3.8) is 0 Å². The largest absolute Gasteiger partial charge is 0.611 e. The number of carbonyl (C=O) groups is 1. The molecule has 3 rings (SSSR count). The number of aryl methyl sites for hydroxylation is 1. The molecule has 0 saturated carbocycles. The van der Waals surface area contributed by atoms with Crippen LogP contribution in [-0.4, -0.2) is 20.7 Å². The molecule has 0 aliphatic heterocycles. The van der Waals surface area contributed by atoms with Crippen LogP contribution in [0.1, 0.15) is 28.4 Å². The van der Waals surface area contributed by atoms with Gasteiger partial charge in [-0.25, -0.2) is 4.39 Å². The SMILES string of the molecule is CC[S+]([O-])c1ccc(C(=O)c2ccc(F)cc2Cl)c(-c2cn(C)c(=O)cc2CN)c1. The Labute approximate surface area is 181 Å². The maximum Gasteiger partial charge on any atom is 0.250 e. The molecule has 0 aliphatic carbocycles. The van der Waals surface area contributed by atoms with Gasteiger partial charge in [-0.05, 0) is 59.6 Å². The van der Waals surface area contributed by atoms with E-state index in [-0.39, 0.29) is 28.3 Å². The van der Waals surface area contributed by atoms with E-state index in [9.17, 15) is 18.5 Å². The maximum atomic E-state index is 13.4. The predicted molar refractivity (Wildman–Crippen MR) is 117 cm³/mol. The lowest BCUT2D eigenvalue weighted by molar-refractivity contribution is 0.103. The lowest BCUT2D eigenvalue weighted by Crippen LogP contribution is -2.18. The highest BCUT2D eigenvalue weighted by atomic mass is 35.5. The molecular weight excluding hydrogens is 427 g/mol. The standard InChI is InChI=1S/C22H20ClFN2O3S/c1-3-30(29)15-5-7-16(22(28)17-6-4-14(24)9-20(17)23)18(10-15)19-12-26(2)21(27)8-13(19)11-25/h4-10,12H,3,11,25H2,1-2H3. The van der Waals surface area contributed by atoms with Crippen LogP contribution in [0.3, 0.4) is 0 Å². The fourth-order valence-corrected chi connectivity index (χ4v) is 4.21. The minimum absolute atomic E-state index is 0.00771. The molecule has 2 aromatic carbocycles. The average Bonchev–Trinajstić information content (AvgIpc) is 2.73. The Morgan fingerprint density at radius 2 is 1.87 bits per heavy atom. The van der Waals surface area contributed by atoms with E-state index in [1.807, 2.05) is 0 Å². The summed E-state index contributed by atoms with van der Waals surface area (Å²) >= 11 is 4.85. The summed E-state index contributed by atoms with van der Waals surface area (Å²) in [7, 11) is 1.60. The second-order valence-electron chi connectivity index (χ2n) is 6.66. The van der Waals surface area contributed by atoms with E-state index >= 15 is 0 Å². The summed E-state index contributed by atoms with van der Waals surface area (Å²) in [5.41, 5.74) is 7.66. The molecule has 3 aromatic rings. The van der Waals surface area contributed by atoms with Crippen LogP contribution in [0, 0.1) is 5.82 Å². The van der Waals surface area contributed by atoms with Crippen molar-refractivity contribution in [2.45, 2.75) is 18.4 Å². The Morgan fingerprint density at radius 1 is 1.17 bits per heavy atom. The molecule has 0 fully saturated rings. The molecule has 0 saturated heterocycles. The first-order chi connectivity index (χ1) is 14.3. The first-order valence-corrected chi connectivity index (χ1v) is 10.9. The number of hydrogen-bond acceptors (Lipinski definition) is 4. The number of halogens is 2. The summed E-state index contributed by atoms with van der Waals surface area (Å²) in [6, 6.07) is 9.85. The Balaban J connectivity index is 2.28. The molecule has 0 spiro atoms. The zero-order valence-corrected chi connectivity index (χ0v) is 18.0. The molecule has 156 valence electrons. The van der Waals surface area contributed by atoms with E-state index in [1.54, 1.807) is 38.4 Å². The molecule has 1 unspecified atom stereocenters. The fraction of sp³-hybridized carbons (Fsp3) is 0.182. The van der Waals surface area contributed by atoms with Gasteiger partial charge in [0.15, 0.2) is 10.7 Å². The first kappa shape index (κ1) is 22.2. The Bertz CT molecular complexity index is 1180. The second kappa shape index (κ2) is 9.14. The fourth-order valence-electron chi connectivity index (χ4n) is 3.15. The highest BCUT2D eigenvalue weighted by molar-refractivity contribution is 7.91. The minimum Gasteiger partial charge on any atom is -0.611 e. The number of hydrogen-bond donors (Lipinski definition) is 1. The lowest BCUT2D eigenvalue weighted by atomic mass is 9.92. The van der Waals surface area contributed by atoms with Crippen molar-refractivity contribution < 1.29 is 13.7 Å². The molecule has 1 aromatic heterocycles. The van der Waals surface area contributed by atoms with E-state index in [0.29, 0.717) is 27.3 Å². The van der Waals surface area contributed by atoms with Gasteiger partial charge >= 0.3 is 0 Å². The van der Waals surface area contributed by atoms with E-state index in [2.05, 4.69) is 0 Å². The third-order valence-corrected chi connectivity index (χ3v) is 6.38. The molecule has 1 atom stereocenters. The third kappa shape index (κ3) is 4.34. The quantitative estimate of drug-likeness (QED) is 0.462. The zero-order valence-electron chi connectivity index (χ0n) is 16.4. The summed E-state index contributed by atoms with van der Waals surface area (Å²) in [4.78, 5) is 25.9. The van der Waals surface area contributed by atoms with Gasteiger partial charge in [0.1, 0.15) is 11.6 Å². The normalized spacial score (nSPS) is 12.1. The highest BCUT2D eigenvalue weighted by Crippen LogP contribution is 2.32. The van der Waals surface area contributed by atoms with Crippen LogP contribution >= 0.6 is 11.6 Å². The van der Waals surface area contributed by atoms with E-state index < -0.39 is 22.8 Å². The molecule has 30 heavy (non-hydrogen) atoms. The van der Waals surface area contributed by atoms with Gasteiger partial charge in [-0.15, -0.1) is 0 Å². The van der Waals surface area contributed by atoms with Crippen LogP contribution in [0.15, 0.2) is 58.4 Å². The molecule has 0 aliphatic rings. The van der Waals surface area contributed by atoms with Crippen LogP contribution in [0.4, 0.5) is 4.39 Å². The Kier molecular flexibility index (Phi) is 6.77. The smallest absolute Gasteiger partial charge is 0.250 e. The molecule has 5 nitrogen and oxygen atoms in total. The van der Waals surface area contributed by atoms with Gasteiger partial charge in [0, 0.05) is 48.6 Å². The Morgan fingerprint density at radius 3 is 2.50 bits per heavy atom. The summed E-state index contributed by atoms with van der Waals surface area (Å²) in [6.45, 7) is 1.88. The number of pyridine rings is 1. The maximum absolute atomic E-state index is 13.4. The monoisotopic (exact) mass is 446 g/mol. The first-order valence-electron chi connectivity index (χ1n) is 9.19. The molecule has 0 bridgehead atoms. The number of benzene rings is 2. The van der Waals surface area contributed by atoms with Crippen LogP contribution in [0.2, 0.25) is 5.02 Å². The van der Waals surface area contributed by atoms with Crippen LogP contribution in [0.5, 0.6) is 0 Å². The summed E-state index contributed by atoms with van der Waals surface area (Å²) in [5, 5.41) is -0.00771. The topological polar surface area (TPSA) is 88.1 Å². The van der Waals surface area contributed by atoms with Crippen molar-refractivity contribution in [3.05, 3.63) is 86.5 Å². The zero-order chi connectivity index (χ0) is 22.0. The summed E-state index contributed by atoms with van der Waals surface area (Å²) < 4.78 is 27.2. The van der Waals surface area contributed by atoms with E-state index in [0.717, 1.165) is 12.1 Å². The van der Waals surface area contributed by atoms with Crippen LogP contribution in [0.25, 0.3) is 11.1 Å². The summed E-state index contributed by atoms with van der Waals surface area (Å²) in [5.74, 6) is -0.553. The molecule has 1 heterocycles. The number of carbonyl (C=O) groups excluding carboxylic acids is 1. The molecule has 8 heteroatoms. The average molecular weight is 447 g/mol. The van der Waals surface area contributed by atoms with Gasteiger partial charge in [0.25, 0.3) is 5.56 Å². The number of ketones is 1. The van der Waals surface area contributed by atoms with Gasteiger partial charge in [-0.2, -0.15) is 0 Å². The summed E-state index contributed by atoms with van der Waals surface area (Å²) in [6.07, 6.45) is 1.60. The van der Waals surface area contributed by atoms with Gasteiger partial charge in [0.05, 0.1) is 5.02 Å². The van der Waals surface area contributed by atoms with Gasteiger partial charge in [-0.1, -0.05) is 11.6 Å². The van der Waals surface area contributed by atoms with Crippen LogP contribution in [-0.2, 0) is 24.8 Å². The minimum atomic E-state index is -1.25. The van der Waals surface area contributed by atoms with Gasteiger partial charge in [0.2, 0.25) is 0 Å². The van der Waals surface area contributed by atoms with Crippen molar-refractivity contribution in [1.29, 1.82) is 0 Å². The predicted octanol–water partition coefficient (Wildman–Crippen LogP) is 3.66.